The second-order valence-electron chi connectivity index (χ2n) is 31.7. The number of piperidine rings is 4. The third kappa shape index (κ3) is 16.4. The summed E-state index contributed by atoms with van der Waals surface area (Å²) in [7, 11) is 0. The number of allylic oxidation sites excluding steroid dienone is 3. The summed E-state index contributed by atoms with van der Waals surface area (Å²) >= 11 is 5.90. The molecule has 3 N–H and O–H groups in total. The van der Waals surface area contributed by atoms with Gasteiger partial charge in [-0.1, -0.05) is 189 Å². The van der Waals surface area contributed by atoms with Crippen molar-refractivity contribution in [3.05, 3.63) is 332 Å². The highest BCUT2D eigenvalue weighted by molar-refractivity contribution is 6.31. The SMILES string of the molecule is [2H]C([2H])(c1ccc(C([2H])([2H])C2CCN(Cc3ccccc3)CC2)cc1)c1ccc2c3c(cccc13)C(=O)N2C1CCC(=C)NC1=O.[2H]C([2H])(c1ccc(C([2H])([2H])N2CCN(c3ccc(Cl)cc3F)CC2)cc1)c1ccc2c3c(cccc13)C(=O)N2C1CCC(=C)NC1=O.[2H]C([2H])(c1ccc(C([2H])([2H])N2CCOCC2)cc1)c1ccc2c3c(cccc13)C(=O)N2C1CCC(=C)NC1=O. The van der Waals surface area contributed by atoms with Crippen LogP contribution >= 0.6 is 11.6 Å². The van der Waals surface area contributed by atoms with E-state index in [0.29, 0.717) is 235 Å². The molecule has 120 heavy (non-hydrogen) atoms. The van der Waals surface area contributed by atoms with Gasteiger partial charge in [0.1, 0.15) is 23.9 Å². The van der Waals surface area contributed by atoms with Crippen molar-refractivity contribution in [2.75, 3.05) is 85.2 Å². The first-order valence-corrected chi connectivity index (χ1v) is 41.4. The van der Waals surface area contributed by atoms with Gasteiger partial charge in [-0.2, -0.15) is 0 Å². The first-order chi connectivity index (χ1) is 63.0. The first kappa shape index (κ1) is 66.0. The molecule has 0 spiro atoms. The number of morpholine rings is 1. The largest absolute Gasteiger partial charge is 0.379 e. The Morgan fingerprint density at radius 1 is 0.392 bits per heavy atom. The van der Waals surface area contributed by atoms with Crippen LogP contribution in [0, 0.1) is 11.7 Å². The summed E-state index contributed by atoms with van der Waals surface area (Å²) in [5.41, 5.74) is 10.5. The molecule has 9 aliphatic rings. The van der Waals surface area contributed by atoms with E-state index >= 15 is 0 Å². The number of hydrogen-bond donors (Lipinski definition) is 3. The van der Waals surface area contributed by atoms with E-state index in [1.165, 1.54) is 21.4 Å². The predicted molar refractivity (Wildman–Crippen MR) is 474 cm³/mol. The molecule has 17 nitrogen and oxygen atoms in total. The fourth-order valence-corrected chi connectivity index (χ4v) is 18.0. The molecular formula is C101H98ClFN10O7. The number of piperazine rings is 1. The van der Waals surface area contributed by atoms with Gasteiger partial charge in [0.2, 0.25) is 17.7 Å². The van der Waals surface area contributed by atoms with Gasteiger partial charge in [0.15, 0.2) is 0 Å². The maximum absolute atomic E-state index is 14.5. The highest BCUT2D eigenvalue weighted by atomic mass is 35.5. The Balaban J connectivity index is 0.000000133. The lowest BCUT2D eigenvalue weighted by atomic mass is 9.89. The summed E-state index contributed by atoms with van der Waals surface area (Å²) in [6.07, 6.45) is -2.70. The Kier molecular flexibility index (Phi) is 18.9. The van der Waals surface area contributed by atoms with Crippen molar-refractivity contribution in [1.82, 2.24) is 30.7 Å². The first-order valence-electron chi connectivity index (χ1n) is 47.1. The zero-order valence-corrected chi connectivity index (χ0v) is 67.1. The molecule has 3 unspecified atom stereocenters. The summed E-state index contributed by atoms with van der Waals surface area (Å²) in [5, 5.41) is 12.3. The van der Waals surface area contributed by atoms with Crippen molar-refractivity contribution in [2.45, 2.75) is 115 Å². The minimum absolute atomic E-state index is 0.122. The molecule has 6 amide bonds. The van der Waals surface area contributed by atoms with Crippen LogP contribution in [0.4, 0.5) is 27.1 Å². The van der Waals surface area contributed by atoms with Crippen molar-refractivity contribution >= 4 is 102 Å². The van der Waals surface area contributed by atoms with Crippen LogP contribution in [0.1, 0.15) is 155 Å². The zero-order chi connectivity index (χ0) is 93.0. The summed E-state index contributed by atoms with van der Waals surface area (Å²) in [4.78, 5) is 91.4. The lowest BCUT2D eigenvalue weighted by Crippen LogP contribution is -2.51. The molecule has 19 heteroatoms. The van der Waals surface area contributed by atoms with Crippen molar-refractivity contribution < 1.29 is 54.3 Å². The van der Waals surface area contributed by atoms with Crippen molar-refractivity contribution in [2.24, 2.45) is 5.92 Å². The zero-order valence-electron chi connectivity index (χ0n) is 78.3. The second kappa shape index (κ2) is 34.4. The molecule has 11 aromatic rings. The maximum Gasteiger partial charge on any atom is 0.259 e. The summed E-state index contributed by atoms with van der Waals surface area (Å²) in [5.74, 6) is -2.16. The van der Waals surface area contributed by atoms with Crippen LogP contribution in [-0.2, 0) is 64.2 Å². The standard InChI is InChI=1S/C37H37N3O2.C35H32ClFN4O2.C29H29N3O3/c1-25-10-16-34(36(41)38-25)40-33-17-15-30(31-8-5-9-32(35(31)33)37(40)42)23-27-13-11-26(12-14-27)22-28-18-20-39(21-19-28)24-29-6-3-2-4-7-29;1-22-5-12-32(34(42)38-22)41-31-13-10-25(27-3-2-4-28(33(27)31)35(41)43)19-23-6-8-24(9-7-23)21-39-15-17-40(18-16-39)30-14-11-26(36)20-29(30)37;1-19-5-11-26(28(33)30-19)32-25-12-10-22(23-3-2-4-24(27(23)25)29(32)34)17-20-6-8-21(9-7-20)18-31-13-15-35-16-14-31/h2-9,11-15,17,28,34H,1,10,16,18-24H2,(H,38,41);2-4,6-11,13-14,20,32H,1,5,12,15-19,21H2,(H,38,42);2-4,6-10,12,26H,1,5,11,13-18H2,(H,30,33)/i22D2,23D2;19D2,21D2;17D2,18D2. The number of ether oxygens (including phenoxy) is 1. The van der Waals surface area contributed by atoms with Gasteiger partial charge in [0.05, 0.1) is 36.0 Å². The Labute approximate surface area is 721 Å². The number of amides is 6. The molecule has 20 rings (SSSR count). The van der Waals surface area contributed by atoms with E-state index in [-0.39, 0.29) is 41.4 Å². The number of rotatable bonds is 18. The normalized spacial score (nSPS) is 21.8. The Morgan fingerprint density at radius 3 is 1.18 bits per heavy atom. The number of anilines is 4. The van der Waals surface area contributed by atoms with Crippen LogP contribution in [0.15, 0.2) is 249 Å². The van der Waals surface area contributed by atoms with Crippen LogP contribution in [0.2, 0.25) is 5.02 Å². The molecule has 3 atom stereocenters. The summed E-state index contributed by atoms with van der Waals surface area (Å²) in [6, 6.07) is 58.8. The van der Waals surface area contributed by atoms with E-state index in [1.807, 2.05) is 29.2 Å². The number of carbonyl (C=O) groups excluding carboxylic acids is 6. The van der Waals surface area contributed by atoms with E-state index < -0.39 is 62.4 Å². The number of nitrogens with one attached hydrogen (secondary N) is 3. The van der Waals surface area contributed by atoms with Crippen LogP contribution in [0.25, 0.3) is 32.3 Å². The number of benzene rings is 11. The van der Waals surface area contributed by atoms with Crippen molar-refractivity contribution in [1.29, 1.82) is 0 Å². The smallest absolute Gasteiger partial charge is 0.259 e. The third-order valence-electron chi connectivity index (χ3n) is 23.9. The van der Waals surface area contributed by atoms with Crippen LogP contribution in [0.3, 0.4) is 0 Å². The highest BCUT2D eigenvalue weighted by Gasteiger charge is 2.44. The molecule has 0 aromatic heterocycles. The fourth-order valence-electron chi connectivity index (χ4n) is 17.8. The van der Waals surface area contributed by atoms with E-state index in [0.717, 1.165) is 32.5 Å². The van der Waals surface area contributed by atoms with E-state index in [2.05, 4.69) is 52.7 Å². The number of likely N-dealkylation sites (tertiary alicyclic amines) is 1. The van der Waals surface area contributed by atoms with Gasteiger partial charge in [-0.15, -0.1) is 0 Å². The fraction of sp³-hybridized carbons (Fsp3) is 0.287. The summed E-state index contributed by atoms with van der Waals surface area (Å²) < 4.78 is 128. The number of hydrogen-bond acceptors (Lipinski definition) is 11. The summed E-state index contributed by atoms with van der Waals surface area (Å²) in [6.45, 7) is 14.1. The molecule has 0 aliphatic carbocycles. The highest BCUT2D eigenvalue weighted by Crippen LogP contribution is 2.46. The van der Waals surface area contributed by atoms with Crippen molar-refractivity contribution in [3.8, 4) is 0 Å². The third-order valence-corrected chi connectivity index (χ3v) is 24.1. The number of nitrogens with zero attached hydrogens (tertiary/aromatic N) is 7. The van der Waals surface area contributed by atoms with Gasteiger partial charge in [-0.05, 0) is 222 Å². The Bertz CT molecular complexity index is 6510. The molecule has 9 heterocycles. The number of carbonyl (C=O) groups is 6. The Morgan fingerprint density at radius 2 is 0.775 bits per heavy atom. The van der Waals surface area contributed by atoms with Crippen LogP contribution < -0.4 is 35.6 Å². The van der Waals surface area contributed by atoms with Gasteiger partial charge >= 0.3 is 0 Å². The minimum Gasteiger partial charge on any atom is -0.379 e. The molecule has 11 aromatic carbocycles. The van der Waals surface area contributed by atoms with Crippen LogP contribution in [0.5, 0.6) is 0 Å². The van der Waals surface area contributed by atoms with Crippen LogP contribution in [-0.4, -0.2) is 134 Å². The topological polar surface area (TPSA) is 170 Å². The Hall–Kier alpha value is -11.9. The van der Waals surface area contributed by atoms with Gasteiger partial charge in [0, 0.05) is 130 Å². The van der Waals surface area contributed by atoms with Gasteiger partial charge in [-0.25, -0.2) is 4.39 Å². The monoisotopic (exact) mass is 1630 g/mol. The molecule has 0 saturated carbocycles. The molecular weight excluding hydrogens is 1520 g/mol. The average Bonchev–Trinajstić information content (AvgIpc) is 1.60. The molecule has 0 radical (unpaired) electrons. The van der Waals surface area contributed by atoms with Crippen molar-refractivity contribution in [3.63, 3.8) is 0 Å². The maximum atomic E-state index is 14.5. The van der Waals surface area contributed by atoms with Gasteiger partial charge in [-0.3, -0.25) is 58.2 Å². The molecule has 608 valence electrons. The van der Waals surface area contributed by atoms with E-state index in [1.54, 1.807) is 185 Å². The quantitative estimate of drug-likeness (QED) is 0.0747. The second-order valence-corrected chi connectivity index (χ2v) is 32.2. The lowest BCUT2D eigenvalue weighted by molar-refractivity contribution is -0.123. The molecule has 6 fully saturated rings. The van der Waals surface area contributed by atoms with E-state index in [4.69, 9.17) is 27.3 Å². The molecule has 9 aliphatic heterocycles. The van der Waals surface area contributed by atoms with Gasteiger partial charge in [0.25, 0.3) is 17.7 Å². The molecule has 0 bridgehead atoms. The predicted octanol–water partition coefficient (Wildman–Crippen LogP) is 17.0. The van der Waals surface area contributed by atoms with E-state index in [9.17, 15) is 38.6 Å². The van der Waals surface area contributed by atoms with Gasteiger partial charge < -0.3 is 25.6 Å². The number of halogens is 2. The minimum atomic E-state index is -1.98. The average molecular weight is 1630 g/mol. The molecule has 6 saturated heterocycles. The lowest BCUT2D eigenvalue weighted by Gasteiger charge is -2.36.